The predicted molar refractivity (Wildman–Crippen MR) is 314 cm³/mol. The molecule has 3 amide bonds. The summed E-state index contributed by atoms with van der Waals surface area (Å²) in [7, 11) is 2.17. The van der Waals surface area contributed by atoms with Crippen LogP contribution in [0.15, 0.2) is 128 Å². The summed E-state index contributed by atoms with van der Waals surface area (Å²) < 4.78 is 0. The number of aromatic amines is 2. The van der Waals surface area contributed by atoms with Crippen molar-refractivity contribution in [1.29, 1.82) is 15.8 Å². The molecule has 18 heteroatoms. The molecule has 15 rings (SSSR count). The van der Waals surface area contributed by atoms with Crippen molar-refractivity contribution in [2.24, 2.45) is 16.2 Å². The Morgan fingerprint density at radius 2 is 0.902 bits per heavy atom. The van der Waals surface area contributed by atoms with E-state index in [0.29, 0.717) is 65.0 Å². The summed E-state index contributed by atoms with van der Waals surface area (Å²) in [5.41, 5.74) is 14.5. The number of H-pyrrole nitrogens is 2. The molecule has 7 aliphatic rings. The summed E-state index contributed by atoms with van der Waals surface area (Å²) in [5, 5.41) is 53.2. The van der Waals surface area contributed by atoms with Crippen LogP contribution in [-0.2, 0) is 33.6 Å². The number of likely N-dealkylation sites (tertiary alicyclic amines) is 3. The van der Waals surface area contributed by atoms with Crippen molar-refractivity contribution in [1.82, 2.24) is 40.0 Å². The maximum Gasteiger partial charge on any atom is 0.232 e. The third-order valence-corrected chi connectivity index (χ3v) is 18.2. The average Bonchev–Trinajstić information content (AvgIpc) is 4.23. The van der Waals surface area contributed by atoms with Crippen LogP contribution in [0.2, 0.25) is 0 Å². The molecule has 4 saturated heterocycles. The molecule has 6 aromatic carbocycles. The number of nitriles is 3. The highest BCUT2D eigenvalue weighted by Crippen LogP contribution is 2.45. The lowest BCUT2D eigenvalue weighted by atomic mass is 9.76. The number of aromatic nitrogens is 4. The van der Waals surface area contributed by atoms with Crippen LogP contribution in [0, 0.1) is 50.6 Å². The number of fused-ring (bicyclic) bond motifs is 5. The van der Waals surface area contributed by atoms with Gasteiger partial charge in [0, 0.05) is 99.0 Å². The van der Waals surface area contributed by atoms with Crippen molar-refractivity contribution in [2.45, 2.75) is 38.5 Å². The maximum absolute atomic E-state index is 12.9. The van der Waals surface area contributed by atoms with E-state index in [4.69, 9.17) is 10.5 Å². The van der Waals surface area contributed by atoms with E-state index in [-0.39, 0.29) is 17.7 Å². The third kappa shape index (κ3) is 9.42. The lowest BCUT2D eigenvalue weighted by molar-refractivity contribution is -0.126. The van der Waals surface area contributed by atoms with Crippen LogP contribution in [0.3, 0.4) is 0 Å². The van der Waals surface area contributed by atoms with E-state index in [0.717, 1.165) is 128 Å². The van der Waals surface area contributed by atoms with Gasteiger partial charge in [0.25, 0.3) is 0 Å². The molecule has 8 aromatic rings. The van der Waals surface area contributed by atoms with Crippen molar-refractivity contribution in [3.05, 3.63) is 144 Å². The second-order valence-electron chi connectivity index (χ2n) is 23.3. The molecule has 0 aliphatic carbocycles. The lowest BCUT2D eigenvalue weighted by Crippen LogP contribution is -2.44. The number of rotatable bonds is 4. The highest BCUT2D eigenvalue weighted by atomic mass is 16.2. The molecule has 7 aliphatic heterocycles. The number of benzene rings is 6. The zero-order valence-corrected chi connectivity index (χ0v) is 45.6. The van der Waals surface area contributed by atoms with Gasteiger partial charge in [-0.05, 0) is 144 Å². The van der Waals surface area contributed by atoms with E-state index in [1.165, 1.54) is 5.69 Å². The van der Waals surface area contributed by atoms with Gasteiger partial charge in [-0.15, -0.1) is 0 Å². The highest BCUT2D eigenvalue weighted by Gasteiger charge is 2.50. The third-order valence-electron chi connectivity index (χ3n) is 18.2. The average molecular weight is 1090 g/mol. The van der Waals surface area contributed by atoms with E-state index in [2.05, 4.69) is 145 Å². The summed E-state index contributed by atoms with van der Waals surface area (Å²) in [6.07, 6.45) is 14.4. The van der Waals surface area contributed by atoms with E-state index in [1.807, 2.05) is 54.9 Å². The minimum atomic E-state index is -0.497. The Balaban J connectivity index is 0.000000116. The molecule has 410 valence electrons. The van der Waals surface area contributed by atoms with E-state index in [1.54, 1.807) is 14.7 Å². The van der Waals surface area contributed by atoms with E-state index >= 15 is 0 Å². The molecule has 3 atom stereocenters. The summed E-state index contributed by atoms with van der Waals surface area (Å²) in [6.45, 7) is 7.80. The number of nitrogens with one attached hydrogen (secondary N) is 5. The molecule has 5 N–H and O–H groups in total. The maximum atomic E-state index is 12.9. The van der Waals surface area contributed by atoms with Gasteiger partial charge >= 0.3 is 0 Å². The van der Waals surface area contributed by atoms with Crippen molar-refractivity contribution >= 4 is 62.3 Å². The quantitative estimate of drug-likeness (QED) is 0.104. The van der Waals surface area contributed by atoms with Crippen molar-refractivity contribution in [2.75, 3.05) is 93.3 Å². The van der Waals surface area contributed by atoms with Crippen LogP contribution < -0.4 is 20.9 Å². The number of anilines is 4. The van der Waals surface area contributed by atoms with Gasteiger partial charge in [-0.1, -0.05) is 66.7 Å². The van der Waals surface area contributed by atoms with Crippen molar-refractivity contribution in [3.8, 4) is 52.0 Å². The number of piperazine rings is 1. The molecule has 4 fully saturated rings. The Morgan fingerprint density at radius 1 is 0.463 bits per heavy atom. The summed E-state index contributed by atoms with van der Waals surface area (Å²) >= 11 is 0. The van der Waals surface area contributed by atoms with Crippen LogP contribution in [0.1, 0.15) is 36.0 Å². The Morgan fingerprint density at radius 3 is 1.40 bits per heavy atom. The van der Waals surface area contributed by atoms with Gasteiger partial charge < -0.3 is 40.4 Å². The van der Waals surface area contributed by atoms with Gasteiger partial charge in [0.1, 0.15) is 0 Å². The van der Waals surface area contributed by atoms with Crippen LogP contribution in [-0.4, -0.2) is 130 Å². The highest BCUT2D eigenvalue weighted by molar-refractivity contribution is 6.03. The number of amides is 3. The number of nitrogens with zero attached hydrogens (tertiary/aromatic N) is 10. The second-order valence-corrected chi connectivity index (χ2v) is 23.3. The first kappa shape index (κ1) is 51.7. The Hall–Kier alpha value is -9.70. The molecule has 2 aromatic heterocycles. The molecule has 82 heavy (non-hydrogen) atoms. The zero-order valence-electron chi connectivity index (χ0n) is 45.6. The summed E-state index contributed by atoms with van der Waals surface area (Å²) in [6, 6.07) is 39.7. The summed E-state index contributed by atoms with van der Waals surface area (Å²) in [4.78, 5) is 48.2. The molecular formula is C64H61N15O3. The molecule has 18 nitrogen and oxygen atoms in total. The topological polar surface area (TPSA) is 232 Å². The molecule has 0 radical (unpaired) electrons. The predicted octanol–water partition coefficient (Wildman–Crippen LogP) is 8.57. The van der Waals surface area contributed by atoms with Gasteiger partial charge in [-0.3, -0.25) is 24.6 Å². The van der Waals surface area contributed by atoms with E-state index in [9.17, 15) is 19.6 Å². The zero-order chi connectivity index (χ0) is 56.2. The van der Waals surface area contributed by atoms with Crippen LogP contribution >= 0.6 is 0 Å². The molecule has 0 saturated carbocycles. The lowest BCUT2D eigenvalue weighted by Gasteiger charge is -2.34. The monoisotopic (exact) mass is 1090 g/mol. The minimum Gasteiger partial charge on any atom is -0.369 e. The number of hydrogen-bond donors (Lipinski definition) is 5. The number of carbonyl (C=O) groups excluding carboxylic acids is 3. The fraction of sp³-hybridized carbons (Fsp3) is 0.312. The van der Waals surface area contributed by atoms with Crippen molar-refractivity contribution < 1.29 is 14.4 Å². The van der Waals surface area contributed by atoms with Crippen molar-refractivity contribution in [3.63, 3.8) is 0 Å². The van der Waals surface area contributed by atoms with Crippen LogP contribution in [0.5, 0.6) is 0 Å². The fourth-order valence-electron chi connectivity index (χ4n) is 13.4. The second kappa shape index (κ2) is 20.8. The minimum absolute atomic E-state index is 0.0291. The normalized spacial score (nSPS) is 22.5. The molecule has 3 spiro atoms. The van der Waals surface area contributed by atoms with Gasteiger partial charge in [0.15, 0.2) is 18.6 Å². The number of likely N-dealkylation sites (N-methyl/N-ethyl adjacent to an activating group) is 1. The van der Waals surface area contributed by atoms with Crippen LogP contribution in [0.4, 0.5) is 22.7 Å². The first-order chi connectivity index (χ1) is 39.9. The van der Waals surface area contributed by atoms with Gasteiger partial charge in [0.05, 0.1) is 39.7 Å². The Labute approximate surface area is 474 Å². The first-order valence-corrected chi connectivity index (χ1v) is 28.1. The molecular weight excluding hydrogens is 1030 g/mol. The molecule has 2 unspecified atom stereocenters. The van der Waals surface area contributed by atoms with Gasteiger partial charge in [-0.25, -0.2) is 0 Å². The first-order valence-electron chi connectivity index (χ1n) is 28.1. The number of carbonyl (C=O) groups is 3. The van der Waals surface area contributed by atoms with Gasteiger partial charge in [-0.2, -0.15) is 26.0 Å². The molecule has 0 bridgehead atoms. The molecule has 9 heterocycles. The fourth-order valence-corrected chi connectivity index (χ4v) is 13.4. The number of hydrogen-bond acceptors (Lipinski definition) is 13. The largest absolute Gasteiger partial charge is 0.369 e. The van der Waals surface area contributed by atoms with Gasteiger partial charge in [0.2, 0.25) is 17.7 Å². The SMILES string of the molecule is CN1CCN(c2ccc(-c3ccc4c(c3)NC(=O)[C@@]3(CCN(C#N)C3)C4)cc2)CC1.N#CN1CCC2(Cc3cc(-c4cccc5[nH]ncc45)ccc3NC2=O)C1.N#CN1CCC2(Cc3ccc(-c4cccc5[nH]ncc45)cc3NC2=O)C1. The van der Waals surface area contributed by atoms with E-state index < -0.39 is 16.2 Å². The standard InChI is InChI=1S/C24H27N5O.2C20H17N5O/c1-27-10-12-29(13-11-27)21-6-4-18(5-7-21)19-2-3-20-15-24(8-9-28(16-24)17-25)23(30)26-22(20)14-19;21-12-25-7-6-20(11-25)9-14-8-13(4-5-17(14)23-19(20)26)15-2-1-3-18-16(15)10-22-24-18;21-12-25-7-6-20(11-25)9-14-5-4-13(8-18(14)23-19(20)26)15-2-1-3-17-16(15)10-22-24-17/h2-7,14H,8-13,15-16H2,1H3,(H,26,30);2*1-5,8,10H,6-7,9,11H2,(H,22,24)(H,23,26)/t24-;;/m0../s1. The van der Waals surface area contributed by atoms with Crippen LogP contribution in [0.25, 0.3) is 55.2 Å². The Bertz CT molecular complexity index is 3970. The summed E-state index contributed by atoms with van der Waals surface area (Å²) in [5.74, 6) is 0.115. The Kier molecular flexibility index (Phi) is 13.1. The smallest absolute Gasteiger partial charge is 0.232 e.